The third-order valence-corrected chi connectivity index (χ3v) is 5.31. The van der Waals surface area contributed by atoms with Crippen molar-refractivity contribution in [3.05, 3.63) is 108 Å². The Balaban J connectivity index is 1.89. The summed E-state index contributed by atoms with van der Waals surface area (Å²) in [4.78, 5) is 19.6. The van der Waals surface area contributed by atoms with Gasteiger partial charge in [0.1, 0.15) is 0 Å². The van der Waals surface area contributed by atoms with Gasteiger partial charge < -0.3 is 10.0 Å². The number of benzene rings is 3. The van der Waals surface area contributed by atoms with Crippen molar-refractivity contribution in [3.63, 3.8) is 0 Å². The van der Waals surface area contributed by atoms with Crippen LogP contribution >= 0.6 is 0 Å². The molecule has 3 aromatic carbocycles. The summed E-state index contributed by atoms with van der Waals surface area (Å²) in [5.74, 6) is -0.216. The van der Waals surface area contributed by atoms with Gasteiger partial charge in [-0.1, -0.05) is 91.0 Å². The van der Waals surface area contributed by atoms with Crippen molar-refractivity contribution in [1.82, 2.24) is 4.90 Å². The highest BCUT2D eigenvalue weighted by molar-refractivity contribution is 5.93. The largest absolute Gasteiger partial charge is 0.479 e. The lowest BCUT2D eigenvalue weighted by molar-refractivity contribution is -0.145. The molecule has 3 aromatic rings. The van der Waals surface area contributed by atoms with Crippen molar-refractivity contribution in [2.24, 2.45) is 4.99 Å². The van der Waals surface area contributed by atoms with E-state index in [1.54, 1.807) is 0 Å². The van der Waals surface area contributed by atoms with Crippen molar-refractivity contribution < 1.29 is 9.90 Å². The van der Waals surface area contributed by atoms with Gasteiger partial charge in [0.05, 0.1) is 11.9 Å². The first kappa shape index (κ1) is 18.0. The van der Waals surface area contributed by atoms with Crippen LogP contribution in [-0.4, -0.2) is 21.8 Å². The molecule has 0 bridgehead atoms. The quantitative estimate of drug-likeness (QED) is 0.712. The summed E-state index contributed by atoms with van der Waals surface area (Å²) in [5, 5.41) is 10.4. The molecule has 0 saturated heterocycles. The average Bonchev–Trinajstić information content (AvgIpc) is 3.03. The number of aliphatic carboxylic acids is 1. The zero-order valence-electron chi connectivity index (χ0n) is 15.7. The first-order valence-corrected chi connectivity index (χ1v) is 9.34. The van der Waals surface area contributed by atoms with Crippen molar-refractivity contribution >= 4 is 11.8 Å². The Hall–Kier alpha value is -3.40. The molecule has 1 N–H and O–H groups in total. The topological polar surface area (TPSA) is 52.9 Å². The predicted octanol–water partition coefficient (Wildman–Crippen LogP) is 4.64. The van der Waals surface area contributed by atoms with Crippen LogP contribution in [-0.2, 0) is 16.9 Å². The highest BCUT2D eigenvalue weighted by Crippen LogP contribution is 2.48. The Morgan fingerprint density at radius 1 is 0.929 bits per heavy atom. The average molecular weight is 370 g/mol. The van der Waals surface area contributed by atoms with E-state index in [9.17, 15) is 9.90 Å². The predicted molar refractivity (Wildman–Crippen MR) is 110 cm³/mol. The van der Waals surface area contributed by atoms with Crippen LogP contribution in [0.15, 0.2) is 96.0 Å². The van der Waals surface area contributed by atoms with Crippen molar-refractivity contribution in [3.8, 4) is 0 Å². The zero-order chi connectivity index (χ0) is 19.6. The van der Waals surface area contributed by atoms with E-state index < -0.39 is 17.6 Å². The summed E-state index contributed by atoms with van der Waals surface area (Å²) in [6, 6.07) is 28.8. The molecular formula is C24H22N2O2. The number of nitrogens with zero attached hydrogens (tertiary/aromatic N) is 2. The molecule has 0 spiro atoms. The van der Waals surface area contributed by atoms with E-state index in [2.05, 4.69) is 17.0 Å². The number of hydrogen-bond donors (Lipinski definition) is 1. The highest BCUT2D eigenvalue weighted by Gasteiger charge is 2.55. The molecule has 28 heavy (non-hydrogen) atoms. The van der Waals surface area contributed by atoms with Crippen molar-refractivity contribution in [1.29, 1.82) is 0 Å². The van der Waals surface area contributed by atoms with E-state index in [1.165, 1.54) is 0 Å². The molecule has 0 aromatic heterocycles. The van der Waals surface area contributed by atoms with Gasteiger partial charge in [-0.25, -0.2) is 9.79 Å². The fraction of sp³-hybridized carbons (Fsp3) is 0.167. The minimum atomic E-state index is -1.39. The Morgan fingerprint density at radius 3 is 2.04 bits per heavy atom. The Kier molecular flexibility index (Phi) is 4.70. The van der Waals surface area contributed by atoms with Gasteiger partial charge in [0, 0.05) is 6.54 Å². The summed E-state index contributed by atoms with van der Waals surface area (Å²) in [7, 11) is 0. The molecule has 0 unspecified atom stereocenters. The normalized spacial score (nSPS) is 21.4. The summed E-state index contributed by atoms with van der Waals surface area (Å²) in [5.41, 5.74) is 1.35. The van der Waals surface area contributed by atoms with Crippen LogP contribution in [0, 0.1) is 0 Å². The summed E-state index contributed by atoms with van der Waals surface area (Å²) >= 11 is 0. The Morgan fingerprint density at radius 2 is 1.46 bits per heavy atom. The van der Waals surface area contributed by atoms with Crippen LogP contribution in [0.4, 0.5) is 0 Å². The van der Waals surface area contributed by atoms with Crippen LogP contribution in [0.2, 0.25) is 0 Å². The number of aliphatic imine (C=N–C) groups is 1. The number of carbonyl (C=O) groups is 1. The molecule has 2 atom stereocenters. The fourth-order valence-corrected chi connectivity index (χ4v) is 4.04. The van der Waals surface area contributed by atoms with Crippen LogP contribution in [0.25, 0.3) is 0 Å². The smallest absolute Gasteiger partial charge is 0.338 e. The highest BCUT2D eigenvalue weighted by atomic mass is 16.4. The maximum atomic E-state index is 12.7. The van der Waals surface area contributed by atoms with E-state index in [-0.39, 0.29) is 0 Å². The SMILES string of the molecule is CC1=N[C@@](C(=O)O)(c2ccccc2)[C@@H](c2ccccc2)N1Cc1ccccc1. The van der Waals surface area contributed by atoms with Crippen LogP contribution in [0.5, 0.6) is 0 Å². The molecule has 0 amide bonds. The second kappa shape index (κ2) is 7.31. The number of hydrogen-bond acceptors (Lipinski definition) is 3. The molecule has 1 aliphatic rings. The van der Waals surface area contributed by atoms with Gasteiger partial charge in [0.2, 0.25) is 5.54 Å². The summed E-state index contributed by atoms with van der Waals surface area (Å²) in [6.07, 6.45) is 0. The second-order valence-corrected chi connectivity index (χ2v) is 7.02. The van der Waals surface area contributed by atoms with E-state index >= 15 is 0 Å². The van der Waals surface area contributed by atoms with Crippen molar-refractivity contribution in [2.75, 3.05) is 0 Å². The number of carboxylic acid groups (broad SMARTS) is 1. The van der Waals surface area contributed by atoms with Crippen LogP contribution < -0.4 is 0 Å². The van der Waals surface area contributed by atoms with E-state index in [0.29, 0.717) is 12.1 Å². The molecular weight excluding hydrogens is 348 g/mol. The third-order valence-electron chi connectivity index (χ3n) is 5.31. The Bertz CT molecular complexity index is 987. The molecule has 0 fully saturated rings. The maximum Gasteiger partial charge on any atom is 0.338 e. The summed E-state index contributed by atoms with van der Waals surface area (Å²) in [6.45, 7) is 2.49. The molecule has 0 aliphatic carbocycles. The standard InChI is InChI=1S/C24H22N2O2/c1-18-25-24(23(27)28,21-15-9-4-10-16-21)22(20-13-7-3-8-14-20)26(18)17-19-11-5-2-6-12-19/h2-16,22H,17H2,1H3,(H,27,28)/t22-,24+/m1/s1. The van der Waals surface area contributed by atoms with Gasteiger partial charge in [0.25, 0.3) is 0 Å². The van der Waals surface area contributed by atoms with Gasteiger partial charge in [-0.3, -0.25) is 0 Å². The minimum absolute atomic E-state index is 0.436. The molecule has 4 heteroatoms. The first-order valence-electron chi connectivity index (χ1n) is 9.34. The van der Waals surface area contributed by atoms with Gasteiger partial charge >= 0.3 is 5.97 Å². The number of carboxylic acids is 1. The van der Waals surface area contributed by atoms with Gasteiger partial charge in [0.15, 0.2) is 0 Å². The van der Waals surface area contributed by atoms with Crippen molar-refractivity contribution in [2.45, 2.75) is 25.0 Å². The van der Waals surface area contributed by atoms with Crippen LogP contribution in [0.3, 0.4) is 0 Å². The fourth-order valence-electron chi connectivity index (χ4n) is 4.04. The summed E-state index contributed by atoms with van der Waals surface area (Å²) < 4.78 is 0. The third kappa shape index (κ3) is 2.97. The molecule has 0 saturated carbocycles. The van der Waals surface area contributed by atoms with Gasteiger partial charge in [-0.05, 0) is 23.6 Å². The molecule has 4 rings (SSSR count). The van der Waals surface area contributed by atoms with Gasteiger partial charge in [-0.15, -0.1) is 0 Å². The lowest BCUT2D eigenvalue weighted by Gasteiger charge is -2.36. The Labute approximate surface area is 164 Å². The minimum Gasteiger partial charge on any atom is -0.479 e. The lowest BCUT2D eigenvalue weighted by atomic mass is 9.80. The lowest BCUT2D eigenvalue weighted by Crippen LogP contribution is -2.43. The van der Waals surface area contributed by atoms with E-state index in [1.807, 2.05) is 85.8 Å². The number of amidine groups is 1. The zero-order valence-corrected chi connectivity index (χ0v) is 15.7. The molecule has 1 aliphatic heterocycles. The van der Waals surface area contributed by atoms with Gasteiger partial charge in [-0.2, -0.15) is 0 Å². The van der Waals surface area contributed by atoms with E-state index in [0.717, 1.165) is 17.0 Å². The molecule has 0 radical (unpaired) electrons. The monoisotopic (exact) mass is 370 g/mol. The molecule has 1 heterocycles. The molecule has 4 nitrogen and oxygen atoms in total. The van der Waals surface area contributed by atoms with Crippen LogP contribution in [0.1, 0.15) is 29.7 Å². The van der Waals surface area contributed by atoms with E-state index in [4.69, 9.17) is 4.99 Å². The first-order chi connectivity index (χ1) is 13.6. The number of rotatable bonds is 5. The molecule has 140 valence electrons. The second-order valence-electron chi connectivity index (χ2n) is 7.02. The maximum absolute atomic E-state index is 12.7.